The standard InChI is InChI=1S/C10H10ClNO2S/c1-6(2)9-7-4-3-5-8(11)10(7)15(13,14)12-9/h3-6H,1-2H3. The molecule has 0 atom stereocenters. The number of rotatable bonds is 1. The van der Waals surface area contributed by atoms with Crippen molar-refractivity contribution in [1.82, 2.24) is 0 Å². The van der Waals surface area contributed by atoms with Crippen LogP contribution in [0.25, 0.3) is 0 Å². The summed E-state index contributed by atoms with van der Waals surface area (Å²) in [6.07, 6.45) is 0. The number of halogens is 1. The second-order valence-electron chi connectivity index (χ2n) is 3.72. The van der Waals surface area contributed by atoms with Crippen LogP contribution in [0.3, 0.4) is 0 Å². The summed E-state index contributed by atoms with van der Waals surface area (Å²) in [5.41, 5.74) is 1.23. The zero-order valence-corrected chi connectivity index (χ0v) is 9.93. The number of sulfonamides is 1. The smallest absolute Gasteiger partial charge is 0.199 e. The van der Waals surface area contributed by atoms with E-state index in [-0.39, 0.29) is 15.8 Å². The van der Waals surface area contributed by atoms with Crippen molar-refractivity contribution in [3.63, 3.8) is 0 Å². The molecule has 1 aliphatic rings. The van der Waals surface area contributed by atoms with Crippen LogP contribution in [-0.4, -0.2) is 14.1 Å². The molecular weight excluding hydrogens is 234 g/mol. The van der Waals surface area contributed by atoms with Crippen LogP contribution in [0.4, 0.5) is 0 Å². The van der Waals surface area contributed by atoms with Gasteiger partial charge < -0.3 is 0 Å². The van der Waals surface area contributed by atoms with Gasteiger partial charge in [-0.2, -0.15) is 12.8 Å². The highest BCUT2D eigenvalue weighted by atomic mass is 35.5. The average Bonchev–Trinajstić information content (AvgIpc) is 2.39. The summed E-state index contributed by atoms with van der Waals surface area (Å²) in [5.74, 6) is 0.0690. The van der Waals surface area contributed by atoms with Gasteiger partial charge in [0.25, 0.3) is 10.0 Å². The Morgan fingerprint density at radius 1 is 1.33 bits per heavy atom. The van der Waals surface area contributed by atoms with Crippen molar-refractivity contribution in [2.45, 2.75) is 18.7 Å². The van der Waals surface area contributed by atoms with Crippen LogP contribution in [0.1, 0.15) is 19.4 Å². The predicted octanol–water partition coefficient (Wildman–Crippen LogP) is 2.49. The van der Waals surface area contributed by atoms with Crippen LogP contribution in [0.15, 0.2) is 27.5 Å². The van der Waals surface area contributed by atoms with E-state index in [0.717, 1.165) is 0 Å². The average molecular weight is 244 g/mol. The summed E-state index contributed by atoms with van der Waals surface area (Å²) in [5, 5.41) is 0.243. The van der Waals surface area contributed by atoms with E-state index in [1.165, 1.54) is 0 Å². The van der Waals surface area contributed by atoms with Gasteiger partial charge in [-0.1, -0.05) is 37.6 Å². The van der Waals surface area contributed by atoms with Crippen LogP contribution in [0, 0.1) is 5.92 Å². The lowest BCUT2D eigenvalue weighted by Crippen LogP contribution is -2.06. The fourth-order valence-corrected chi connectivity index (χ4v) is 3.50. The monoisotopic (exact) mass is 243 g/mol. The molecule has 0 radical (unpaired) electrons. The Kier molecular flexibility index (Phi) is 2.35. The summed E-state index contributed by atoms with van der Waals surface area (Å²) < 4.78 is 27.2. The molecule has 0 unspecified atom stereocenters. The quantitative estimate of drug-likeness (QED) is 0.761. The van der Waals surface area contributed by atoms with Crippen molar-refractivity contribution in [2.24, 2.45) is 10.3 Å². The lowest BCUT2D eigenvalue weighted by atomic mass is 10.0. The Morgan fingerprint density at radius 2 is 2.00 bits per heavy atom. The number of hydrogen-bond donors (Lipinski definition) is 0. The van der Waals surface area contributed by atoms with Crippen LogP contribution in [0.2, 0.25) is 5.02 Å². The molecule has 15 heavy (non-hydrogen) atoms. The molecule has 0 fully saturated rings. The minimum Gasteiger partial charge on any atom is -0.199 e. The SMILES string of the molecule is CC(C)C1=NS(=O)(=O)c2c(Cl)cccc21. The van der Waals surface area contributed by atoms with Crippen LogP contribution < -0.4 is 0 Å². The van der Waals surface area contributed by atoms with Gasteiger partial charge >= 0.3 is 0 Å². The number of fused-ring (bicyclic) bond motifs is 1. The van der Waals surface area contributed by atoms with E-state index in [1.54, 1.807) is 18.2 Å². The van der Waals surface area contributed by atoms with Crippen molar-refractivity contribution in [2.75, 3.05) is 0 Å². The van der Waals surface area contributed by atoms with E-state index in [9.17, 15) is 8.42 Å². The molecule has 0 saturated heterocycles. The minimum absolute atomic E-state index is 0.0690. The van der Waals surface area contributed by atoms with Gasteiger partial charge in [0.1, 0.15) is 4.90 Å². The molecule has 1 aromatic rings. The first-order chi connectivity index (χ1) is 6.93. The second kappa shape index (κ2) is 3.32. The summed E-state index contributed by atoms with van der Waals surface area (Å²) in [6, 6.07) is 5.04. The Bertz CT molecular complexity index is 547. The van der Waals surface area contributed by atoms with E-state index in [2.05, 4.69) is 4.40 Å². The Hall–Kier alpha value is -0.870. The molecule has 5 heteroatoms. The first kappa shape index (κ1) is 10.6. The lowest BCUT2D eigenvalue weighted by Gasteiger charge is -2.05. The van der Waals surface area contributed by atoms with Crippen molar-refractivity contribution in [3.05, 3.63) is 28.8 Å². The maximum Gasteiger partial charge on any atom is 0.284 e. The zero-order valence-electron chi connectivity index (χ0n) is 8.36. The van der Waals surface area contributed by atoms with Crippen LogP contribution in [-0.2, 0) is 10.0 Å². The maximum atomic E-state index is 11.7. The number of benzene rings is 1. The molecule has 80 valence electrons. The second-order valence-corrected chi connectivity index (χ2v) is 5.67. The predicted molar refractivity (Wildman–Crippen MR) is 60.0 cm³/mol. The lowest BCUT2D eigenvalue weighted by molar-refractivity contribution is 0.599. The third kappa shape index (κ3) is 1.58. The highest BCUT2D eigenvalue weighted by molar-refractivity contribution is 7.91. The molecule has 0 saturated carbocycles. The molecule has 1 aliphatic heterocycles. The molecule has 0 amide bonds. The van der Waals surface area contributed by atoms with Gasteiger partial charge in [-0.15, -0.1) is 0 Å². The molecule has 0 aliphatic carbocycles. The highest BCUT2D eigenvalue weighted by Gasteiger charge is 2.32. The number of hydrogen-bond acceptors (Lipinski definition) is 2. The Balaban J connectivity index is 2.79. The molecule has 0 bridgehead atoms. The van der Waals surface area contributed by atoms with Crippen LogP contribution >= 0.6 is 11.6 Å². The molecule has 1 aromatic carbocycles. The summed E-state index contributed by atoms with van der Waals surface area (Å²) in [4.78, 5) is 0.148. The van der Waals surface area contributed by atoms with Crippen molar-refractivity contribution in [3.8, 4) is 0 Å². The number of nitrogens with zero attached hydrogens (tertiary/aromatic N) is 1. The summed E-state index contributed by atoms with van der Waals surface area (Å²) >= 11 is 5.87. The van der Waals surface area contributed by atoms with E-state index in [1.807, 2.05) is 13.8 Å². The maximum absolute atomic E-state index is 11.7. The molecule has 3 nitrogen and oxygen atoms in total. The van der Waals surface area contributed by atoms with Gasteiger partial charge in [0.15, 0.2) is 0 Å². The topological polar surface area (TPSA) is 46.5 Å². The van der Waals surface area contributed by atoms with Gasteiger partial charge in [-0.05, 0) is 12.0 Å². The molecule has 0 spiro atoms. The Morgan fingerprint density at radius 3 is 2.60 bits per heavy atom. The van der Waals surface area contributed by atoms with Gasteiger partial charge in [0, 0.05) is 5.56 Å². The molecule has 2 rings (SSSR count). The Labute approximate surface area is 93.8 Å². The first-order valence-corrected chi connectivity index (χ1v) is 6.39. The molecule has 0 aromatic heterocycles. The van der Waals surface area contributed by atoms with Crippen molar-refractivity contribution < 1.29 is 8.42 Å². The normalized spacial score (nSPS) is 17.7. The summed E-state index contributed by atoms with van der Waals surface area (Å²) in [7, 11) is -3.57. The molecular formula is C10H10ClNO2S. The van der Waals surface area contributed by atoms with E-state index < -0.39 is 10.0 Å². The molecule has 1 heterocycles. The third-order valence-electron chi connectivity index (χ3n) is 2.27. The van der Waals surface area contributed by atoms with Crippen LogP contribution in [0.5, 0.6) is 0 Å². The minimum atomic E-state index is -3.57. The van der Waals surface area contributed by atoms with Crippen molar-refractivity contribution >= 4 is 27.3 Å². The van der Waals surface area contributed by atoms with Gasteiger partial charge in [0.05, 0.1) is 10.7 Å². The molecule has 0 N–H and O–H groups in total. The van der Waals surface area contributed by atoms with Gasteiger partial charge in [-0.25, -0.2) is 0 Å². The van der Waals surface area contributed by atoms with Gasteiger partial charge in [-0.3, -0.25) is 0 Å². The first-order valence-electron chi connectivity index (χ1n) is 4.57. The van der Waals surface area contributed by atoms with Crippen molar-refractivity contribution in [1.29, 1.82) is 0 Å². The van der Waals surface area contributed by atoms with E-state index >= 15 is 0 Å². The fourth-order valence-electron chi connectivity index (χ4n) is 1.61. The fraction of sp³-hybridized carbons (Fsp3) is 0.300. The summed E-state index contributed by atoms with van der Waals surface area (Å²) in [6.45, 7) is 3.81. The van der Waals surface area contributed by atoms with Gasteiger partial charge in [0.2, 0.25) is 0 Å². The third-order valence-corrected chi connectivity index (χ3v) is 4.09. The largest absolute Gasteiger partial charge is 0.284 e. The van der Waals surface area contributed by atoms with E-state index in [4.69, 9.17) is 11.6 Å². The highest BCUT2D eigenvalue weighted by Crippen LogP contribution is 2.34. The zero-order chi connectivity index (χ0) is 11.2. The van der Waals surface area contributed by atoms with E-state index in [0.29, 0.717) is 11.3 Å².